The number of nitrogens with zero attached hydrogens (tertiary/aromatic N) is 1. The van der Waals surface area contributed by atoms with Crippen LogP contribution in [0, 0.1) is 0 Å². The minimum absolute atomic E-state index is 0.250. The van der Waals surface area contributed by atoms with Crippen LogP contribution < -0.4 is 16.0 Å². The fraction of sp³-hybridized carbons (Fsp3) is 0.500. The highest BCUT2D eigenvalue weighted by Crippen LogP contribution is 2.49. The van der Waals surface area contributed by atoms with Crippen molar-refractivity contribution in [3.63, 3.8) is 0 Å². The second kappa shape index (κ2) is 3.79. The van der Waals surface area contributed by atoms with Crippen LogP contribution in [0.3, 0.4) is 0 Å². The van der Waals surface area contributed by atoms with Gasteiger partial charge in [-0.2, -0.15) is 0 Å². The maximum atomic E-state index is 12.2. The van der Waals surface area contributed by atoms with Gasteiger partial charge in [0.05, 0.1) is 10.6 Å². The summed E-state index contributed by atoms with van der Waals surface area (Å²) < 4.78 is 7.98. The highest BCUT2D eigenvalue weighted by Gasteiger charge is 2.71. The van der Waals surface area contributed by atoms with E-state index in [1.165, 1.54) is 7.11 Å². The number of halogens is 1. The van der Waals surface area contributed by atoms with E-state index in [0.717, 1.165) is 4.60 Å². The van der Waals surface area contributed by atoms with Gasteiger partial charge in [0, 0.05) is 13.5 Å². The molecule has 0 radical (unpaired) electrons. The van der Waals surface area contributed by atoms with Crippen LogP contribution in [0.2, 0.25) is 0 Å². The Hall–Kier alpha value is -1.58. The number of fused-ring (bicyclic) bond motifs is 5. The SMILES string of the molecule is CO[C@@]12C[C@@H]3[C@@H](NC(=O)c4ccc(Br)n43)[C@]1(O)NC(=O)N2. The van der Waals surface area contributed by atoms with E-state index in [9.17, 15) is 14.7 Å². The average molecular weight is 357 g/mol. The van der Waals surface area contributed by atoms with Crippen LogP contribution >= 0.6 is 15.9 Å². The van der Waals surface area contributed by atoms with Crippen molar-refractivity contribution >= 4 is 27.9 Å². The lowest BCUT2D eigenvalue weighted by atomic mass is 10.0. The normalized spacial score (nSPS) is 40.0. The lowest BCUT2D eigenvalue weighted by Gasteiger charge is -2.38. The van der Waals surface area contributed by atoms with Gasteiger partial charge >= 0.3 is 6.03 Å². The summed E-state index contributed by atoms with van der Waals surface area (Å²) >= 11 is 3.42. The first kappa shape index (κ1) is 13.1. The largest absolute Gasteiger partial charge is 0.365 e. The number of urea groups is 1. The molecule has 3 aliphatic rings. The fourth-order valence-corrected chi connectivity index (χ4v) is 4.29. The van der Waals surface area contributed by atoms with Crippen molar-refractivity contribution in [2.24, 2.45) is 0 Å². The smallest absolute Gasteiger partial charge is 0.319 e. The van der Waals surface area contributed by atoms with Crippen LogP contribution in [0.15, 0.2) is 16.7 Å². The summed E-state index contributed by atoms with van der Waals surface area (Å²) in [6.07, 6.45) is 0.323. The molecule has 112 valence electrons. The first-order valence-corrected chi connectivity index (χ1v) is 7.26. The van der Waals surface area contributed by atoms with E-state index in [-0.39, 0.29) is 11.9 Å². The Morgan fingerprint density at radius 3 is 2.90 bits per heavy atom. The predicted octanol–water partition coefficient (Wildman–Crippen LogP) is -0.348. The number of carbonyl (C=O) groups is 2. The topological polar surface area (TPSA) is 105 Å². The molecule has 3 heterocycles. The van der Waals surface area contributed by atoms with Crippen LogP contribution in [-0.4, -0.2) is 46.2 Å². The molecule has 4 atom stereocenters. The summed E-state index contributed by atoms with van der Waals surface area (Å²) in [6, 6.07) is 2.02. The minimum atomic E-state index is -1.71. The van der Waals surface area contributed by atoms with Crippen molar-refractivity contribution in [1.82, 2.24) is 20.5 Å². The van der Waals surface area contributed by atoms with Crippen LogP contribution in [-0.2, 0) is 4.74 Å². The zero-order valence-corrected chi connectivity index (χ0v) is 12.6. The minimum Gasteiger partial charge on any atom is -0.365 e. The van der Waals surface area contributed by atoms with Gasteiger partial charge in [0.2, 0.25) is 5.72 Å². The molecule has 4 rings (SSSR count). The molecular formula is C12H13BrN4O4. The Bertz CT molecular complexity index is 676. The summed E-state index contributed by atoms with van der Waals surface area (Å²) in [4.78, 5) is 23.9. The second-order valence-corrected chi connectivity index (χ2v) is 6.32. The van der Waals surface area contributed by atoms with Crippen LogP contribution in [0.5, 0.6) is 0 Å². The molecule has 0 bridgehead atoms. The number of rotatable bonds is 1. The molecule has 4 N–H and O–H groups in total. The molecule has 0 spiro atoms. The molecule has 9 heteroatoms. The summed E-state index contributed by atoms with van der Waals surface area (Å²) in [5.41, 5.74) is -2.48. The number of methoxy groups -OCH3 is 1. The number of hydrogen-bond donors (Lipinski definition) is 4. The standard InChI is InChI=1S/C12H13BrN4O4/c1-21-11-4-6-8(12(11,20)16-10(19)15-11)14-9(18)5-2-3-7(13)17(5)6/h2-3,6,8,20H,4H2,1H3,(H,14,18)(H2,15,16,19)/t6-,8-,11+,12-/m1/s1. The first-order chi connectivity index (χ1) is 9.92. The third-order valence-corrected chi connectivity index (χ3v) is 5.28. The van der Waals surface area contributed by atoms with E-state index in [4.69, 9.17) is 4.74 Å². The monoisotopic (exact) mass is 356 g/mol. The molecule has 1 aromatic rings. The highest BCUT2D eigenvalue weighted by atomic mass is 79.9. The zero-order chi connectivity index (χ0) is 15.0. The van der Waals surface area contributed by atoms with Crippen molar-refractivity contribution in [2.75, 3.05) is 7.11 Å². The molecule has 1 saturated heterocycles. The lowest BCUT2D eigenvalue weighted by molar-refractivity contribution is -0.158. The third kappa shape index (κ3) is 1.36. The van der Waals surface area contributed by atoms with Gasteiger partial charge < -0.3 is 30.4 Å². The van der Waals surface area contributed by atoms with Gasteiger partial charge in [-0.1, -0.05) is 0 Å². The van der Waals surface area contributed by atoms with E-state index in [2.05, 4.69) is 31.9 Å². The van der Waals surface area contributed by atoms with E-state index >= 15 is 0 Å². The van der Waals surface area contributed by atoms with E-state index in [1.807, 2.05) is 4.57 Å². The Balaban J connectivity index is 1.88. The van der Waals surface area contributed by atoms with Crippen molar-refractivity contribution in [3.8, 4) is 0 Å². The maximum absolute atomic E-state index is 12.2. The van der Waals surface area contributed by atoms with Crippen LogP contribution in [0.25, 0.3) is 0 Å². The third-order valence-electron chi connectivity index (χ3n) is 4.63. The van der Waals surface area contributed by atoms with Gasteiger partial charge in [-0.3, -0.25) is 4.79 Å². The molecule has 0 aromatic carbocycles. The summed E-state index contributed by atoms with van der Waals surface area (Å²) in [5, 5.41) is 18.8. The van der Waals surface area contributed by atoms with Gasteiger partial charge in [-0.05, 0) is 28.1 Å². The van der Waals surface area contributed by atoms with E-state index in [1.54, 1.807) is 12.1 Å². The number of hydrogen-bond acceptors (Lipinski definition) is 4. The molecule has 3 amide bonds. The van der Waals surface area contributed by atoms with E-state index in [0.29, 0.717) is 12.1 Å². The number of aromatic nitrogens is 1. The molecule has 1 aliphatic carbocycles. The first-order valence-electron chi connectivity index (χ1n) is 6.47. The zero-order valence-electron chi connectivity index (χ0n) is 11.0. The number of aliphatic hydroxyl groups is 1. The average Bonchev–Trinajstić information content (AvgIpc) is 2.99. The Labute approximate surface area is 128 Å². The van der Waals surface area contributed by atoms with Gasteiger partial charge in [-0.15, -0.1) is 0 Å². The number of carbonyl (C=O) groups excluding carboxylic acids is 2. The van der Waals surface area contributed by atoms with Crippen molar-refractivity contribution in [2.45, 2.75) is 30.0 Å². The molecule has 0 unspecified atom stereocenters. The number of amides is 3. The molecule has 8 nitrogen and oxygen atoms in total. The Kier molecular flexibility index (Phi) is 2.36. The van der Waals surface area contributed by atoms with E-state index < -0.39 is 23.5 Å². The molecule has 21 heavy (non-hydrogen) atoms. The molecule has 2 fully saturated rings. The number of nitrogens with one attached hydrogen (secondary N) is 3. The maximum Gasteiger partial charge on any atom is 0.319 e. The summed E-state index contributed by atoms with van der Waals surface area (Å²) in [6.45, 7) is 0. The highest BCUT2D eigenvalue weighted by molar-refractivity contribution is 9.10. The fourth-order valence-electron chi connectivity index (χ4n) is 3.70. The van der Waals surface area contributed by atoms with Gasteiger partial charge in [0.15, 0.2) is 5.72 Å². The molecular weight excluding hydrogens is 344 g/mol. The summed E-state index contributed by atoms with van der Waals surface area (Å²) in [5.74, 6) is -0.302. The summed E-state index contributed by atoms with van der Waals surface area (Å²) in [7, 11) is 1.42. The molecule has 2 aliphatic heterocycles. The Morgan fingerprint density at radius 1 is 1.43 bits per heavy atom. The molecule has 1 saturated carbocycles. The van der Waals surface area contributed by atoms with Crippen molar-refractivity contribution in [1.29, 1.82) is 0 Å². The molecule has 1 aromatic heterocycles. The number of ether oxygens (including phenoxy) is 1. The quantitative estimate of drug-likeness (QED) is 0.552. The predicted molar refractivity (Wildman–Crippen MR) is 73.4 cm³/mol. The second-order valence-electron chi connectivity index (χ2n) is 5.51. The van der Waals surface area contributed by atoms with Gasteiger partial charge in [0.25, 0.3) is 5.91 Å². The Morgan fingerprint density at radius 2 is 2.19 bits per heavy atom. The van der Waals surface area contributed by atoms with Gasteiger partial charge in [0.1, 0.15) is 11.7 Å². The lowest BCUT2D eigenvalue weighted by Crippen LogP contribution is -2.67. The van der Waals surface area contributed by atoms with Crippen LogP contribution in [0.4, 0.5) is 4.79 Å². The van der Waals surface area contributed by atoms with Crippen molar-refractivity contribution in [3.05, 3.63) is 22.4 Å². The van der Waals surface area contributed by atoms with Crippen molar-refractivity contribution < 1.29 is 19.4 Å². The van der Waals surface area contributed by atoms with Crippen LogP contribution in [0.1, 0.15) is 23.0 Å². The van der Waals surface area contributed by atoms with Gasteiger partial charge in [-0.25, -0.2) is 4.79 Å².